The highest BCUT2D eigenvalue weighted by Gasteiger charge is 2.16. The Morgan fingerprint density at radius 1 is 1.38 bits per heavy atom. The van der Waals surface area contributed by atoms with Gasteiger partial charge in [-0.1, -0.05) is 30.3 Å². The molecular weight excluding hydrogens is 206 g/mol. The smallest absolute Gasteiger partial charge is 0.317 e. The Morgan fingerprint density at radius 3 is 2.50 bits per heavy atom. The van der Waals surface area contributed by atoms with E-state index < -0.39 is 5.97 Å². The molecule has 0 bridgehead atoms. The van der Waals surface area contributed by atoms with Gasteiger partial charge >= 0.3 is 5.97 Å². The second-order valence-corrected chi connectivity index (χ2v) is 3.82. The van der Waals surface area contributed by atoms with Crippen molar-refractivity contribution in [1.82, 2.24) is 4.90 Å². The standard InChI is InChI=1S/C12H17NO3/c1-10(9-14)13(8-12(15)16)7-11-5-3-2-4-6-11/h2-6,10,14H,7-9H2,1H3,(H,15,16)/t10-/m0/s1. The summed E-state index contributed by atoms with van der Waals surface area (Å²) in [5.41, 5.74) is 1.05. The maximum absolute atomic E-state index is 10.7. The molecule has 0 aliphatic rings. The average Bonchev–Trinajstić information content (AvgIpc) is 2.28. The van der Waals surface area contributed by atoms with Crippen molar-refractivity contribution >= 4 is 5.97 Å². The van der Waals surface area contributed by atoms with Gasteiger partial charge in [-0.3, -0.25) is 9.69 Å². The van der Waals surface area contributed by atoms with Crippen molar-refractivity contribution in [3.05, 3.63) is 35.9 Å². The zero-order valence-electron chi connectivity index (χ0n) is 9.34. The summed E-state index contributed by atoms with van der Waals surface area (Å²) in [4.78, 5) is 12.4. The second kappa shape index (κ2) is 6.25. The number of carboxylic acids is 1. The third-order valence-electron chi connectivity index (χ3n) is 2.45. The van der Waals surface area contributed by atoms with Crippen LogP contribution in [0.5, 0.6) is 0 Å². The molecule has 1 atom stereocenters. The summed E-state index contributed by atoms with van der Waals surface area (Å²) < 4.78 is 0. The van der Waals surface area contributed by atoms with E-state index in [1.165, 1.54) is 0 Å². The van der Waals surface area contributed by atoms with Gasteiger partial charge in [0.1, 0.15) is 0 Å². The summed E-state index contributed by atoms with van der Waals surface area (Å²) in [6.07, 6.45) is 0. The van der Waals surface area contributed by atoms with Gasteiger partial charge in [0, 0.05) is 12.6 Å². The van der Waals surface area contributed by atoms with Crippen LogP contribution in [0, 0.1) is 0 Å². The van der Waals surface area contributed by atoms with Gasteiger partial charge in [0.05, 0.1) is 13.2 Å². The molecule has 0 heterocycles. The van der Waals surface area contributed by atoms with Crippen molar-refractivity contribution in [3.63, 3.8) is 0 Å². The summed E-state index contributed by atoms with van der Waals surface area (Å²) in [5, 5.41) is 17.8. The molecule has 1 aromatic carbocycles. The minimum absolute atomic E-state index is 0.0416. The lowest BCUT2D eigenvalue weighted by atomic mass is 10.2. The van der Waals surface area contributed by atoms with E-state index >= 15 is 0 Å². The molecule has 0 aliphatic heterocycles. The SMILES string of the molecule is C[C@@H](CO)N(CC(=O)O)Cc1ccccc1. The van der Waals surface area contributed by atoms with Gasteiger partial charge in [0.15, 0.2) is 0 Å². The van der Waals surface area contributed by atoms with Crippen LogP contribution >= 0.6 is 0 Å². The summed E-state index contributed by atoms with van der Waals surface area (Å²) >= 11 is 0. The molecule has 1 rings (SSSR count). The molecule has 0 aromatic heterocycles. The van der Waals surface area contributed by atoms with Crippen molar-refractivity contribution in [2.24, 2.45) is 0 Å². The first-order chi connectivity index (χ1) is 7.63. The van der Waals surface area contributed by atoms with Crippen LogP contribution in [0.1, 0.15) is 12.5 Å². The molecule has 0 radical (unpaired) electrons. The Balaban J connectivity index is 2.67. The van der Waals surface area contributed by atoms with Crippen LogP contribution in [0.15, 0.2) is 30.3 Å². The van der Waals surface area contributed by atoms with Crippen molar-refractivity contribution in [3.8, 4) is 0 Å². The molecule has 4 nitrogen and oxygen atoms in total. The quantitative estimate of drug-likeness (QED) is 0.754. The van der Waals surface area contributed by atoms with E-state index in [0.29, 0.717) is 6.54 Å². The maximum atomic E-state index is 10.7. The number of benzene rings is 1. The van der Waals surface area contributed by atoms with Gasteiger partial charge in [-0.15, -0.1) is 0 Å². The largest absolute Gasteiger partial charge is 0.480 e. The molecule has 0 saturated heterocycles. The van der Waals surface area contributed by atoms with E-state index in [4.69, 9.17) is 10.2 Å². The Morgan fingerprint density at radius 2 is 2.00 bits per heavy atom. The molecule has 0 amide bonds. The molecule has 2 N–H and O–H groups in total. The number of aliphatic carboxylic acids is 1. The number of nitrogens with zero attached hydrogens (tertiary/aromatic N) is 1. The van der Waals surface area contributed by atoms with Crippen molar-refractivity contribution in [2.45, 2.75) is 19.5 Å². The molecular formula is C12H17NO3. The van der Waals surface area contributed by atoms with Crippen molar-refractivity contribution < 1.29 is 15.0 Å². The second-order valence-electron chi connectivity index (χ2n) is 3.82. The van der Waals surface area contributed by atoms with Crippen LogP contribution in [0.2, 0.25) is 0 Å². The fourth-order valence-electron chi connectivity index (χ4n) is 1.47. The van der Waals surface area contributed by atoms with E-state index in [1.54, 1.807) is 4.90 Å². The van der Waals surface area contributed by atoms with E-state index in [1.807, 2.05) is 37.3 Å². The minimum Gasteiger partial charge on any atom is -0.480 e. The maximum Gasteiger partial charge on any atom is 0.317 e. The Hall–Kier alpha value is -1.39. The predicted molar refractivity (Wildman–Crippen MR) is 61.0 cm³/mol. The zero-order chi connectivity index (χ0) is 12.0. The molecule has 0 fully saturated rings. The third kappa shape index (κ3) is 4.00. The minimum atomic E-state index is -0.878. The van der Waals surface area contributed by atoms with Gasteiger partial charge < -0.3 is 10.2 Å². The average molecular weight is 223 g/mol. The van der Waals surface area contributed by atoms with Crippen LogP contribution in [0.25, 0.3) is 0 Å². The highest BCUT2D eigenvalue weighted by Crippen LogP contribution is 2.07. The summed E-state index contributed by atoms with van der Waals surface area (Å²) in [6, 6.07) is 9.48. The first-order valence-electron chi connectivity index (χ1n) is 5.24. The highest BCUT2D eigenvalue weighted by atomic mass is 16.4. The highest BCUT2D eigenvalue weighted by molar-refractivity contribution is 5.69. The van der Waals surface area contributed by atoms with Crippen LogP contribution < -0.4 is 0 Å². The van der Waals surface area contributed by atoms with Crippen molar-refractivity contribution in [1.29, 1.82) is 0 Å². The topological polar surface area (TPSA) is 60.8 Å². The predicted octanol–water partition coefficient (Wildman–Crippen LogP) is 0.954. The van der Waals surface area contributed by atoms with Gasteiger partial charge in [-0.2, -0.15) is 0 Å². The Bertz CT molecular complexity index is 326. The molecule has 1 aromatic rings. The van der Waals surface area contributed by atoms with Crippen LogP contribution in [-0.4, -0.2) is 40.3 Å². The lowest BCUT2D eigenvalue weighted by Gasteiger charge is -2.25. The van der Waals surface area contributed by atoms with Gasteiger partial charge in [0.2, 0.25) is 0 Å². The van der Waals surface area contributed by atoms with Crippen LogP contribution in [0.4, 0.5) is 0 Å². The van der Waals surface area contributed by atoms with E-state index in [-0.39, 0.29) is 19.2 Å². The fraction of sp³-hybridized carbons (Fsp3) is 0.417. The number of hydrogen-bond acceptors (Lipinski definition) is 3. The van der Waals surface area contributed by atoms with E-state index in [0.717, 1.165) is 5.56 Å². The lowest BCUT2D eigenvalue weighted by Crippen LogP contribution is -2.38. The number of hydrogen-bond donors (Lipinski definition) is 2. The monoisotopic (exact) mass is 223 g/mol. The van der Waals surface area contributed by atoms with Gasteiger partial charge in [0.25, 0.3) is 0 Å². The molecule has 0 unspecified atom stereocenters. The number of aliphatic hydroxyl groups excluding tert-OH is 1. The summed E-state index contributed by atoms with van der Waals surface area (Å²) in [5.74, 6) is -0.878. The summed E-state index contributed by atoms with van der Waals surface area (Å²) in [7, 11) is 0. The summed E-state index contributed by atoms with van der Waals surface area (Å²) in [6.45, 7) is 2.25. The number of carboxylic acid groups (broad SMARTS) is 1. The van der Waals surface area contributed by atoms with Gasteiger partial charge in [-0.05, 0) is 12.5 Å². The first kappa shape index (κ1) is 12.7. The van der Waals surface area contributed by atoms with E-state index in [9.17, 15) is 4.79 Å². The van der Waals surface area contributed by atoms with Crippen molar-refractivity contribution in [2.75, 3.05) is 13.2 Å². The molecule has 0 aliphatic carbocycles. The van der Waals surface area contributed by atoms with Gasteiger partial charge in [-0.25, -0.2) is 0 Å². The number of rotatable bonds is 6. The normalized spacial score (nSPS) is 12.7. The fourth-order valence-corrected chi connectivity index (χ4v) is 1.47. The van der Waals surface area contributed by atoms with Crippen LogP contribution in [0.3, 0.4) is 0 Å². The molecule has 88 valence electrons. The lowest BCUT2D eigenvalue weighted by molar-refractivity contribution is -0.139. The van der Waals surface area contributed by atoms with E-state index in [2.05, 4.69) is 0 Å². The Kier molecular flexibility index (Phi) is 4.95. The zero-order valence-corrected chi connectivity index (χ0v) is 9.34. The molecule has 4 heteroatoms. The number of aliphatic hydroxyl groups is 1. The Labute approximate surface area is 95.1 Å². The molecule has 0 spiro atoms. The molecule has 16 heavy (non-hydrogen) atoms. The molecule has 0 saturated carbocycles. The number of carbonyl (C=O) groups is 1. The first-order valence-corrected chi connectivity index (χ1v) is 5.24. The third-order valence-corrected chi connectivity index (χ3v) is 2.45. The van der Waals surface area contributed by atoms with Crippen LogP contribution in [-0.2, 0) is 11.3 Å².